The Balaban J connectivity index is 2.64. The van der Waals surface area contributed by atoms with Gasteiger partial charge in [-0.3, -0.25) is 4.79 Å². The molecule has 118 valence electrons. The molecule has 0 aromatic rings. The van der Waals surface area contributed by atoms with E-state index in [2.05, 4.69) is 26.1 Å². The SMILES string of the molecule is CCC(CC)(CO)CNC(=O)C1(CN)CCC(C)CC1. The molecule has 0 atom stereocenters. The molecule has 20 heavy (non-hydrogen) atoms. The molecule has 1 aliphatic carbocycles. The molecule has 0 heterocycles. The summed E-state index contributed by atoms with van der Waals surface area (Å²) in [4.78, 5) is 12.6. The van der Waals surface area contributed by atoms with E-state index in [1.807, 2.05) is 0 Å². The summed E-state index contributed by atoms with van der Waals surface area (Å²) in [5, 5.41) is 12.7. The molecule has 0 saturated heterocycles. The lowest BCUT2D eigenvalue weighted by Crippen LogP contribution is -2.50. The number of hydrogen-bond acceptors (Lipinski definition) is 3. The van der Waals surface area contributed by atoms with Crippen molar-refractivity contribution < 1.29 is 9.90 Å². The fourth-order valence-electron chi connectivity index (χ4n) is 3.07. The Hall–Kier alpha value is -0.610. The number of amides is 1. The van der Waals surface area contributed by atoms with Gasteiger partial charge in [0.1, 0.15) is 0 Å². The van der Waals surface area contributed by atoms with Crippen molar-refractivity contribution in [3.05, 3.63) is 0 Å². The molecule has 0 radical (unpaired) electrons. The predicted molar refractivity (Wildman–Crippen MR) is 82.2 cm³/mol. The third-order valence-corrected chi connectivity index (χ3v) is 5.56. The molecule has 1 amide bonds. The molecule has 0 bridgehead atoms. The van der Waals surface area contributed by atoms with Gasteiger partial charge in [-0.05, 0) is 44.4 Å². The summed E-state index contributed by atoms with van der Waals surface area (Å²) in [5.41, 5.74) is 5.34. The highest BCUT2D eigenvalue weighted by molar-refractivity contribution is 5.83. The quantitative estimate of drug-likeness (QED) is 0.670. The predicted octanol–water partition coefficient (Wildman–Crippen LogP) is 2.06. The first kappa shape index (κ1) is 17.4. The highest BCUT2D eigenvalue weighted by Gasteiger charge is 2.40. The van der Waals surface area contributed by atoms with Gasteiger partial charge in [0.25, 0.3) is 0 Å². The molecular formula is C16H32N2O2. The van der Waals surface area contributed by atoms with Crippen LogP contribution in [0.4, 0.5) is 0 Å². The summed E-state index contributed by atoms with van der Waals surface area (Å²) in [5.74, 6) is 0.789. The zero-order valence-electron chi connectivity index (χ0n) is 13.4. The summed E-state index contributed by atoms with van der Waals surface area (Å²) < 4.78 is 0. The fourth-order valence-corrected chi connectivity index (χ4v) is 3.07. The molecule has 0 aliphatic heterocycles. The first-order chi connectivity index (χ1) is 9.47. The Bertz CT molecular complexity index is 297. The van der Waals surface area contributed by atoms with Gasteiger partial charge in [0.05, 0.1) is 12.0 Å². The van der Waals surface area contributed by atoms with Crippen LogP contribution in [0.15, 0.2) is 0 Å². The second kappa shape index (κ2) is 7.41. The van der Waals surface area contributed by atoms with E-state index in [9.17, 15) is 9.90 Å². The number of carbonyl (C=O) groups excluding carboxylic acids is 1. The van der Waals surface area contributed by atoms with E-state index in [1.165, 1.54) is 0 Å². The second-order valence-corrected chi connectivity index (χ2v) is 6.71. The van der Waals surface area contributed by atoms with Crippen molar-refractivity contribution >= 4 is 5.91 Å². The first-order valence-electron chi connectivity index (χ1n) is 8.07. The van der Waals surface area contributed by atoms with E-state index in [4.69, 9.17) is 5.73 Å². The Morgan fingerprint density at radius 2 is 1.90 bits per heavy atom. The van der Waals surface area contributed by atoms with Gasteiger partial charge in [0.2, 0.25) is 5.91 Å². The highest BCUT2D eigenvalue weighted by atomic mass is 16.3. The van der Waals surface area contributed by atoms with E-state index in [-0.39, 0.29) is 23.3 Å². The third kappa shape index (κ3) is 3.73. The average Bonchev–Trinajstić information content (AvgIpc) is 2.50. The van der Waals surface area contributed by atoms with Crippen molar-refractivity contribution in [2.45, 2.75) is 59.3 Å². The highest BCUT2D eigenvalue weighted by Crippen LogP contribution is 2.38. The Morgan fingerprint density at radius 3 is 2.30 bits per heavy atom. The molecule has 0 spiro atoms. The average molecular weight is 284 g/mol. The Morgan fingerprint density at radius 1 is 1.35 bits per heavy atom. The van der Waals surface area contributed by atoms with Crippen LogP contribution in [0.3, 0.4) is 0 Å². The lowest BCUT2D eigenvalue weighted by molar-refractivity contribution is -0.133. The van der Waals surface area contributed by atoms with Crippen LogP contribution in [0.5, 0.6) is 0 Å². The van der Waals surface area contributed by atoms with Crippen molar-refractivity contribution in [2.24, 2.45) is 22.5 Å². The number of aliphatic hydroxyl groups is 1. The lowest BCUT2D eigenvalue weighted by atomic mass is 9.70. The normalized spacial score (nSPS) is 27.4. The van der Waals surface area contributed by atoms with Crippen LogP contribution in [0, 0.1) is 16.7 Å². The van der Waals surface area contributed by atoms with Crippen LogP contribution in [0.1, 0.15) is 59.3 Å². The monoisotopic (exact) mass is 284 g/mol. The minimum atomic E-state index is -0.380. The maximum Gasteiger partial charge on any atom is 0.227 e. The number of carbonyl (C=O) groups is 1. The van der Waals surface area contributed by atoms with Crippen LogP contribution >= 0.6 is 0 Å². The molecule has 4 N–H and O–H groups in total. The van der Waals surface area contributed by atoms with Crippen LogP contribution in [0.25, 0.3) is 0 Å². The van der Waals surface area contributed by atoms with Gasteiger partial charge in [-0.25, -0.2) is 0 Å². The minimum absolute atomic E-state index is 0.0895. The van der Waals surface area contributed by atoms with Gasteiger partial charge in [0, 0.05) is 18.5 Å². The van der Waals surface area contributed by atoms with Gasteiger partial charge in [-0.2, -0.15) is 0 Å². The van der Waals surface area contributed by atoms with Crippen LogP contribution < -0.4 is 11.1 Å². The van der Waals surface area contributed by atoms with Gasteiger partial charge in [0.15, 0.2) is 0 Å². The van der Waals surface area contributed by atoms with Crippen molar-refractivity contribution in [3.63, 3.8) is 0 Å². The molecule has 0 unspecified atom stereocenters. The van der Waals surface area contributed by atoms with Gasteiger partial charge < -0.3 is 16.2 Å². The van der Waals surface area contributed by atoms with Crippen molar-refractivity contribution in [1.29, 1.82) is 0 Å². The molecular weight excluding hydrogens is 252 g/mol. The second-order valence-electron chi connectivity index (χ2n) is 6.71. The fraction of sp³-hybridized carbons (Fsp3) is 0.938. The molecule has 1 saturated carbocycles. The topological polar surface area (TPSA) is 75.3 Å². The maximum absolute atomic E-state index is 12.6. The van der Waals surface area contributed by atoms with Gasteiger partial charge in [-0.15, -0.1) is 0 Å². The maximum atomic E-state index is 12.6. The summed E-state index contributed by atoms with van der Waals surface area (Å²) >= 11 is 0. The van der Waals surface area contributed by atoms with E-state index >= 15 is 0 Å². The smallest absolute Gasteiger partial charge is 0.227 e. The Labute approximate surface area is 123 Å². The van der Waals surface area contributed by atoms with Crippen molar-refractivity contribution in [1.82, 2.24) is 5.32 Å². The van der Waals surface area contributed by atoms with Gasteiger partial charge in [-0.1, -0.05) is 20.8 Å². The number of nitrogens with one attached hydrogen (secondary N) is 1. The molecule has 1 rings (SSSR count). The Kier molecular flexibility index (Phi) is 6.46. The van der Waals surface area contributed by atoms with Crippen molar-refractivity contribution in [3.8, 4) is 0 Å². The van der Waals surface area contributed by atoms with E-state index in [1.54, 1.807) is 0 Å². The van der Waals surface area contributed by atoms with E-state index in [0.717, 1.165) is 38.5 Å². The molecule has 0 aromatic carbocycles. The standard InChI is InChI=1S/C16H32N2O2/c1-4-15(5-2,12-19)11-18-14(20)16(10-17)8-6-13(3)7-9-16/h13,19H,4-12,17H2,1-3H3,(H,18,20). The zero-order chi connectivity index (χ0) is 15.2. The lowest BCUT2D eigenvalue weighted by Gasteiger charge is -2.38. The third-order valence-electron chi connectivity index (χ3n) is 5.56. The minimum Gasteiger partial charge on any atom is -0.396 e. The summed E-state index contributed by atoms with van der Waals surface area (Å²) in [6.45, 7) is 7.46. The molecule has 4 nitrogen and oxygen atoms in total. The van der Waals surface area contributed by atoms with Crippen LogP contribution in [-0.2, 0) is 4.79 Å². The summed E-state index contributed by atoms with van der Waals surface area (Å²) in [7, 11) is 0. The number of aliphatic hydroxyl groups excluding tert-OH is 1. The van der Waals surface area contributed by atoms with Crippen LogP contribution in [-0.4, -0.2) is 30.7 Å². The largest absolute Gasteiger partial charge is 0.396 e. The first-order valence-corrected chi connectivity index (χ1v) is 8.07. The summed E-state index contributed by atoms with van der Waals surface area (Å²) in [6, 6.07) is 0. The zero-order valence-corrected chi connectivity index (χ0v) is 13.4. The van der Waals surface area contributed by atoms with Crippen LogP contribution in [0.2, 0.25) is 0 Å². The van der Waals surface area contributed by atoms with Crippen molar-refractivity contribution in [2.75, 3.05) is 19.7 Å². The number of nitrogens with two attached hydrogens (primary N) is 1. The molecule has 4 heteroatoms. The summed E-state index contributed by atoms with van der Waals surface area (Å²) in [6.07, 6.45) is 5.68. The molecule has 1 fully saturated rings. The molecule has 0 aromatic heterocycles. The number of hydrogen-bond donors (Lipinski definition) is 3. The van der Waals surface area contributed by atoms with E-state index in [0.29, 0.717) is 19.0 Å². The van der Waals surface area contributed by atoms with E-state index < -0.39 is 0 Å². The number of rotatable bonds is 7. The van der Waals surface area contributed by atoms with Gasteiger partial charge >= 0.3 is 0 Å². The molecule has 1 aliphatic rings.